The number of fused-ring (bicyclic) bond motifs is 4. The Morgan fingerprint density at radius 1 is 1.19 bits per heavy atom. The van der Waals surface area contributed by atoms with E-state index in [2.05, 4.69) is 14.8 Å². The first-order valence-corrected chi connectivity index (χ1v) is 10.3. The van der Waals surface area contributed by atoms with E-state index in [9.17, 15) is 4.79 Å². The molecule has 2 bridgehead atoms. The van der Waals surface area contributed by atoms with Gasteiger partial charge >= 0.3 is 0 Å². The molecule has 2 atom stereocenters. The molecule has 0 radical (unpaired) electrons. The number of para-hydroxylation sites is 1. The lowest BCUT2D eigenvalue weighted by molar-refractivity contribution is -0.140. The fraction of sp³-hybridized carbons (Fsp3) is 0.500. The molecule has 138 valence electrons. The van der Waals surface area contributed by atoms with Crippen LogP contribution < -0.4 is 4.74 Å². The molecule has 0 saturated carbocycles. The highest BCUT2D eigenvalue weighted by atomic mass is 32.1. The standard InChI is InChI=1S/C20H25N3O2S/c24-20-16-7-8-18(23(20)12-17-14-26-15-21-17)13-22(11-16)9-4-10-25-19-5-2-1-3-6-19/h1-3,5-6,14-16,18H,4,7-13H2/t16-,18+/m0/s1. The van der Waals surface area contributed by atoms with Crippen molar-refractivity contribution < 1.29 is 9.53 Å². The highest BCUT2D eigenvalue weighted by Crippen LogP contribution is 2.30. The van der Waals surface area contributed by atoms with E-state index in [-0.39, 0.29) is 5.92 Å². The second kappa shape index (κ2) is 8.18. The number of nitrogens with zero attached hydrogens (tertiary/aromatic N) is 3. The van der Waals surface area contributed by atoms with Gasteiger partial charge in [-0.05, 0) is 31.4 Å². The van der Waals surface area contributed by atoms with Crippen LogP contribution in [0.5, 0.6) is 5.75 Å². The van der Waals surface area contributed by atoms with E-state index in [1.807, 2.05) is 41.2 Å². The molecule has 5 rings (SSSR count). The summed E-state index contributed by atoms with van der Waals surface area (Å²) in [6.45, 7) is 4.21. The quantitative estimate of drug-likeness (QED) is 0.702. The summed E-state index contributed by atoms with van der Waals surface area (Å²) in [6.07, 6.45) is 3.11. The Kier molecular flexibility index (Phi) is 5.51. The predicted molar refractivity (Wildman–Crippen MR) is 102 cm³/mol. The third kappa shape index (κ3) is 4.07. The minimum Gasteiger partial charge on any atom is -0.494 e. The Bertz CT molecular complexity index is 707. The van der Waals surface area contributed by atoms with Crippen molar-refractivity contribution in [2.24, 2.45) is 5.92 Å². The van der Waals surface area contributed by atoms with Gasteiger partial charge in [0.1, 0.15) is 5.75 Å². The van der Waals surface area contributed by atoms with Gasteiger partial charge < -0.3 is 14.5 Å². The molecule has 6 heteroatoms. The Balaban J connectivity index is 1.30. The number of benzene rings is 1. The fourth-order valence-corrected chi connectivity index (χ4v) is 4.56. The van der Waals surface area contributed by atoms with Crippen LogP contribution in [0.4, 0.5) is 0 Å². The molecule has 1 amide bonds. The van der Waals surface area contributed by atoms with E-state index in [0.717, 1.165) is 50.3 Å². The lowest BCUT2D eigenvalue weighted by atomic mass is 9.94. The minimum atomic E-state index is 0.141. The van der Waals surface area contributed by atoms with Crippen LogP contribution in [0.25, 0.3) is 0 Å². The molecule has 0 unspecified atom stereocenters. The summed E-state index contributed by atoms with van der Waals surface area (Å²) in [5.41, 5.74) is 2.85. The van der Waals surface area contributed by atoms with Gasteiger partial charge in [-0.2, -0.15) is 0 Å². The molecule has 26 heavy (non-hydrogen) atoms. The zero-order valence-corrected chi connectivity index (χ0v) is 15.7. The molecule has 0 aliphatic carbocycles. The van der Waals surface area contributed by atoms with Crippen LogP contribution in [0.2, 0.25) is 0 Å². The first-order chi connectivity index (χ1) is 12.8. The van der Waals surface area contributed by atoms with E-state index in [0.29, 0.717) is 25.1 Å². The van der Waals surface area contributed by atoms with Gasteiger partial charge in [-0.15, -0.1) is 11.3 Å². The van der Waals surface area contributed by atoms with E-state index >= 15 is 0 Å². The average molecular weight is 372 g/mol. The van der Waals surface area contributed by atoms with Crippen LogP contribution in [0.3, 0.4) is 0 Å². The van der Waals surface area contributed by atoms with Gasteiger partial charge in [-0.1, -0.05) is 18.2 Å². The highest BCUT2D eigenvalue weighted by Gasteiger charge is 2.40. The molecule has 3 fully saturated rings. The molecule has 3 aliphatic heterocycles. The Hall–Kier alpha value is -1.92. The lowest BCUT2D eigenvalue weighted by Crippen LogP contribution is -2.47. The Morgan fingerprint density at radius 2 is 2.08 bits per heavy atom. The van der Waals surface area contributed by atoms with Crippen molar-refractivity contribution in [3.8, 4) is 5.75 Å². The number of hydrogen-bond acceptors (Lipinski definition) is 5. The number of carbonyl (C=O) groups excluding carboxylic acids is 1. The van der Waals surface area contributed by atoms with Gasteiger partial charge in [0, 0.05) is 31.1 Å². The van der Waals surface area contributed by atoms with Crippen LogP contribution >= 0.6 is 11.3 Å². The monoisotopic (exact) mass is 371 g/mol. The van der Waals surface area contributed by atoms with Crippen LogP contribution in [0.15, 0.2) is 41.2 Å². The largest absolute Gasteiger partial charge is 0.494 e. The normalized spacial score (nSPS) is 23.2. The van der Waals surface area contributed by atoms with Gasteiger partial charge in [-0.3, -0.25) is 4.79 Å². The number of thiazole rings is 1. The summed E-state index contributed by atoms with van der Waals surface area (Å²) in [7, 11) is 0. The van der Waals surface area contributed by atoms with Gasteiger partial charge in [0.2, 0.25) is 5.91 Å². The van der Waals surface area contributed by atoms with Gasteiger partial charge in [0.15, 0.2) is 0 Å². The van der Waals surface area contributed by atoms with Gasteiger partial charge in [0.05, 0.1) is 30.3 Å². The topological polar surface area (TPSA) is 45.7 Å². The van der Waals surface area contributed by atoms with Crippen molar-refractivity contribution in [2.45, 2.75) is 31.8 Å². The molecule has 5 nitrogen and oxygen atoms in total. The number of hydrogen-bond donors (Lipinski definition) is 0. The van der Waals surface area contributed by atoms with Crippen LogP contribution in [0, 0.1) is 5.92 Å². The number of amides is 1. The van der Waals surface area contributed by atoms with E-state index in [1.54, 1.807) is 11.3 Å². The Morgan fingerprint density at radius 3 is 2.88 bits per heavy atom. The molecule has 0 N–H and O–H groups in total. The number of rotatable bonds is 7. The summed E-state index contributed by atoms with van der Waals surface area (Å²) < 4.78 is 5.80. The summed E-state index contributed by atoms with van der Waals surface area (Å²) in [4.78, 5) is 21.7. The average Bonchev–Trinajstić information content (AvgIpc) is 3.04. The van der Waals surface area contributed by atoms with Crippen LogP contribution in [0.1, 0.15) is 25.0 Å². The molecule has 3 aliphatic rings. The number of aromatic nitrogens is 1. The smallest absolute Gasteiger partial charge is 0.227 e. The molecule has 1 aromatic heterocycles. The third-order valence-electron chi connectivity index (χ3n) is 5.32. The third-order valence-corrected chi connectivity index (χ3v) is 5.95. The summed E-state index contributed by atoms with van der Waals surface area (Å²) in [5, 5.41) is 2.05. The number of piperidine rings is 1. The van der Waals surface area contributed by atoms with Crippen molar-refractivity contribution in [2.75, 3.05) is 26.2 Å². The van der Waals surface area contributed by atoms with E-state index in [1.165, 1.54) is 0 Å². The molecular weight excluding hydrogens is 346 g/mol. The van der Waals surface area contributed by atoms with Crippen molar-refractivity contribution >= 4 is 17.2 Å². The first kappa shape index (κ1) is 17.5. The van der Waals surface area contributed by atoms with Crippen molar-refractivity contribution in [1.29, 1.82) is 0 Å². The first-order valence-electron chi connectivity index (χ1n) is 9.37. The molecule has 3 saturated heterocycles. The van der Waals surface area contributed by atoms with Crippen molar-refractivity contribution in [3.63, 3.8) is 0 Å². The predicted octanol–water partition coefficient (Wildman–Crippen LogP) is 3.04. The molecule has 1 aromatic carbocycles. The maximum Gasteiger partial charge on any atom is 0.227 e. The van der Waals surface area contributed by atoms with Crippen LogP contribution in [-0.2, 0) is 11.3 Å². The van der Waals surface area contributed by atoms with E-state index in [4.69, 9.17) is 4.74 Å². The summed E-state index contributed by atoms with van der Waals surface area (Å²) in [5.74, 6) is 1.38. The van der Waals surface area contributed by atoms with E-state index < -0.39 is 0 Å². The maximum atomic E-state index is 12.8. The van der Waals surface area contributed by atoms with Crippen molar-refractivity contribution in [1.82, 2.24) is 14.8 Å². The highest BCUT2D eigenvalue weighted by molar-refractivity contribution is 7.07. The molecular formula is C20H25N3O2S. The molecule has 2 aromatic rings. The fourth-order valence-electron chi connectivity index (χ4n) is 4.01. The van der Waals surface area contributed by atoms with Gasteiger partial charge in [0.25, 0.3) is 0 Å². The SMILES string of the molecule is O=C1[C@H]2CC[C@H](CN(CCCOc3ccccc3)C2)N1Cc1cscn1. The molecule has 0 spiro atoms. The minimum absolute atomic E-state index is 0.141. The van der Waals surface area contributed by atoms with Gasteiger partial charge in [-0.25, -0.2) is 4.98 Å². The number of ether oxygens (including phenoxy) is 1. The maximum absolute atomic E-state index is 12.8. The lowest BCUT2D eigenvalue weighted by Gasteiger charge is -2.35. The second-order valence-electron chi connectivity index (χ2n) is 7.15. The number of carbonyl (C=O) groups is 1. The zero-order valence-electron chi connectivity index (χ0n) is 14.9. The van der Waals surface area contributed by atoms with Crippen molar-refractivity contribution in [3.05, 3.63) is 46.9 Å². The Labute approximate surface area is 158 Å². The summed E-state index contributed by atoms with van der Waals surface area (Å²) >= 11 is 1.59. The second-order valence-corrected chi connectivity index (χ2v) is 7.87. The summed E-state index contributed by atoms with van der Waals surface area (Å²) in [6, 6.07) is 10.3. The zero-order chi connectivity index (χ0) is 17.8. The molecule has 4 heterocycles. The van der Waals surface area contributed by atoms with Crippen LogP contribution in [-0.4, -0.2) is 53.0 Å².